The standard InChI is InChI=1S/C18H14O6/c1-23-12-5-3-4-10-15(12)18(22)16-11(17(10)21)6-9(8-14(19)20)7-13(16)24-2/h3-7H,8H2,1-2H3,(H,19,20). The number of fused-ring (bicyclic) bond motifs is 2. The lowest BCUT2D eigenvalue weighted by atomic mass is 9.82. The Balaban J connectivity index is 2.27. The van der Waals surface area contributed by atoms with E-state index in [9.17, 15) is 14.4 Å². The highest BCUT2D eigenvalue weighted by molar-refractivity contribution is 6.30. The van der Waals surface area contributed by atoms with Crippen LogP contribution in [0.5, 0.6) is 11.5 Å². The van der Waals surface area contributed by atoms with Gasteiger partial charge in [-0.15, -0.1) is 0 Å². The Morgan fingerprint density at radius 2 is 1.62 bits per heavy atom. The van der Waals surface area contributed by atoms with Crippen LogP contribution >= 0.6 is 0 Å². The summed E-state index contributed by atoms with van der Waals surface area (Å²) in [6.07, 6.45) is -0.268. The van der Waals surface area contributed by atoms with Crippen molar-refractivity contribution in [3.8, 4) is 11.5 Å². The molecule has 0 unspecified atom stereocenters. The number of aliphatic carboxylic acids is 1. The average Bonchev–Trinajstić information content (AvgIpc) is 2.57. The summed E-state index contributed by atoms with van der Waals surface area (Å²) in [6.45, 7) is 0. The number of benzene rings is 2. The van der Waals surface area contributed by atoms with Gasteiger partial charge in [0.15, 0.2) is 5.78 Å². The largest absolute Gasteiger partial charge is 0.496 e. The molecule has 0 spiro atoms. The molecule has 0 amide bonds. The van der Waals surface area contributed by atoms with Gasteiger partial charge in [0.2, 0.25) is 5.78 Å². The molecule has 24 heavy (non-hydrogen) atoms. The predicted molar refractivity (Wildman–Crippen MR) is 84.2 cm³/mol. The van der Waals surface area contributed by atoms with Crippen LogP contribution in [0.25, 0.3) is 0 Å². The van der Waals surface area contributed by atoms with Gasteiger partial charge in [0.1, 0.15) is 11.5 Å². The highest BCUT2D eigenvalue weighted by Gasteiger charge is 2.35. The summed E-state index contributed by atoms with van der Waals surface area (Å²) in [5.74, 6) is -1.28. The highest BCUT2D eigenvalue weighted by Crippen LogP contribution is 2.37. The van der Waals surface area contributed by atoms with E-state index in [-0.39, 0.29) is 46.0 Å². The lowest BCUT2D eigenvalue weighted by molar-refractivity contribution is -0.136. The number of carboxylic acid groups (broad SMARTS) is 1. The minimum atomic E-state index is -1.03. The Labute approximate surface area is 137 Å². The third-order valence-corrected chi connectivity index (χ3v) is 3.93. The second-order valence-electron chi connectivity index (χ2n) is 5.33. The molecule has 122 valence electrons. The predicted octanol–water partition coefficient (Wildman–Crippen LogP) is 2.11. The van der Waals surface area contributed by atoms with Gasteiger partial charge in [0.05, 0.1) is 31.8 Å². The molecule has 0 aromatic heterocycles. The Hall–Kier alpha value is -3.15. The van der Waals surface area contributed by atoms with Crippen LogP contribution in [-0.2, 0) is 11.2 Å². The van der Waals surface area contributed by atoms with Crippen LogP contribution < -0.4 is 9.47 Å². The van der Waals surface area contributed by atoms with E-state index in [1.54, 1.807) is 18.2 Å². The first kappa shape index (κ1) is 15.7. The summed E-state index contributed by atoms with van der Waals surface area (Å²) in [5.41, 5.74) is 1.11. The lowest BCUT2D eigenvalue weighted by Crippen LogP contribution is -2.23. The number of rotatable bonds is 4. The molecule has 0 fully saturated rings. The number of methoxy groups -OCH3 is 2. The van der Waals surface area contributed by atoms with Crippen LogP contribution in [0.1, 0.15) is 37.4 Å². The SMILES string of the molecule is COc1cccc2c1C(=O)c1c(OC)cc(CC(=O)O)cc1C2=O. The lowest BCUT2D eigenvalue weighted by Gasteiger charge is -2.22. The molecule has 0 aliphatic heterocycles. The van der Waals surface area contributed by atoms with Crippen molar-refractivity contribution in [2.75, 3.05) is 14.2 Å². The molecule has 1 N–H and O–H groups in total. The highest BCUT2D eigenvalue weighted by atomic mass is 16.5. The zero-order valence-corrected chi connectivity index (χ0v) is 13.1. The van der Waals surface area contributed by atoms with Crippen LogP contribution in [0.15, 0.2) is 30.3 Å². The second kappa shape index (κ2) is 5.81. The summed E-state index contributed by atoms with van der Waals surface area (Å²) in [7, 11) is 2.80. The van der Waals surface area contributed by atoms with E-state index in [1.807, 2.05) is 0 Å². The van der Waals surface area contributed by atoms with Gasteiger partial charge >= 0.3 is 5.97 Å². The van der Waals surface area contributed by atoms with E-state index in [2.05, 4.69) is 0 Å². The summed E-state index contributed by atoms with van der Waals surface area (Å²) < 4.78 is 10.4. The third-order valence-electron chi connectivity index (χ3n) is 3.93. The molecule has 1 aliphatic rings. The number of carbonyl (C=O) groups excluding carboxylic acids is 2. The van der Waals surface area contributed by atoms with E-state index < -0.39 is 5.97 Å². The Kier molecular flexibility index (Phi) is 3.81. The first-order chi connectivity index (χ1) is 11.5. The number of hydrogen-bond acceptors (Lipinski definition) is 5. The molecule has 0 radical (unpaired) electrons. The van der Waals surface area contributed by atoms with Crippen LogP contribution in [0, 0.1) is 0 Å². The Bertz CT molecular complexity index is 881. The number of hydrogen-bond donors (Lipinski definition) is 1. The number of ketones is 2. The maximum Gasteiger partial charge on any atom is 0.307 e. The molecule has 0 atom stereocenters. The monoisotopic (exact) mass is 326 g/mol. The Morgan fingerprint density at radius 3 is 2.25 bits per heavy atom. The quantitative estimate of drug-likeness (QED) is 0.790. The van der Waals surface area contributed by atoms with Crippen molar-refractivity contribution in [1.29, 1.82) is 0 Å². The normalized spacial score (nSPS) is 12.4. The zero-order chi connectivity index (χ0) is 17.4. The van der Waals surface area contributed by atoms with Crippen LogP contribution in [0.2, 0.25) is 0 Å². The van der Waals surface area contributed by atoms with Crippen LogP contribution in [-0.4, -0.2) is 36.9 Å². The van der Waals surface area contributed by atoms with Crippen LogP contribution in [0.3, 0.4) is 0 Å². The maximum atomic E-state index is 12.9. The van der Waals surface area contributed by atoms with E-state index in [0.29, 0.717) is 11.3 Å². The van der Waals surface area contributed by atoms with Crippen molar-refractivity contribution < 1.29 is 29.0 Å². The molecule has 2 aromatic carbocycles. The zero-order valence-electron chi connectivity index (χ0n) is 13.1. The van der Waals surface area contributed by atoms with E-state index in [1.165, 1.54) is 26.4 Å². The van der Waals surface area contributed by atoms with Gasteiger partial charge in [-0.2, -0.15) is 0 Å². The Morgan fingerprint density at radius 1 is 0.958 bits per heavy atom. The van der Waals surface area contributed by atoms with Gasteiger partial charge in [-0.3, -0.25) is 14.4 Å². The molecule has 0 saturated heterocycles. The first-order valence-electron chi connectivity index (χ1n) is 7.17. The van der Waals surface area contributed by atoms with Gasteiger partial charge in [-0.1, -0.05) is 12.1 Å². The minimum Gasteiger partial charge on any atom is -0.496 e. The topological polar surface area (TPSA) is 89.9 Å². The summed E-state index contributed by atoms with van der Waals surface area (Å²) in [5, 5.41) is 8.97. The van der Waals surface area contributed by atoms with Crippen molar-refractivity contribution in [1.82, 2.24) is 0 Å². The van der Waals surface area contributed by atoms with Gasteiger partial charge in [-0.05, 0) is 23.8 Å². The first-order valence-corrected chi connectivity index (χ1v) is 7.17. The summed E-state index contributed by atoms with van der Waals surface area (Å²) in [4.78, 5) is 36.7. The minimum absolute atomic E-state index is 0.133. The maximum absolute atomic E-state index is 12.9. The smallest absolute Gasteiger partial charge is 0.307 e. The fourth-order valence-electron chi connectivity index (χ4n) is 2.92. The fraction of sp³-hybridized carbons (Fsp3) is 0.167. The van der Waals surface area contributed by atoms with E-state index in [0.717, 1.165) is 0 Å². The molecular weight excluding hydrogens is 312 g/mol. The fourth-order valence-corrected chi connectivity index (χ4v) is 2.92. The molecule has 0 bridgehead atoms. The van der Waals surface area contributed by atoms with Gasteiger partial charge in [-0.25, -0.2) is 0 Å². The summed E-state index contributed by atoms with van der Waals surface area (Å²) in [6, 6.07) is 7.71. The molecule has 6 nitrogen and oxygen atoms in total. The molecular formula is C18H14O6. The van der Waals surface area contributed by atoms with Crippen molar-refractivity contribution in [2.45, 2.75) is 6.42 Å². The average molecular weight is 326 g/mol. The van der Waals surface area contributed by atoms with E-state index >= 15 is 0 Å². The second-order valence-corrected chi connectivity index (χ2v) is 5.33. The number of ether oxygens (including phenoxy) is 2. The van der Waals surface area contributed by atoms with Crippen LogP contribution in [0.4, 0.5) is 0 Å². The number of carboxylic acids is 1. The molecule has 0 heterocycles. The van der Waals surface area contributed by atoms with Gasteiger partial charge < -0.3 is 14.6 Å². The molecule has 6 heteroatoms. The van der Waals surface area contributed by atoms with Gasteiger partial charge in [0, 0.05) is 11.1 Å². The molecule has 2 aromatic rings. The van der Waals surface area contributed by atoms with Crippen molar-refractivity contribution in [3.05, 3.63) is 58.1 Å². The van der Waals surface area contributed by atoms with Crippen molar-refractivity contribution in [2.24, 2.45) is 0 Å². The van der Waals surface area contributed by atoms with E-state index in [4.69, 9.17) is 14.6 Å². The van der Waals surface area contributed by atoms with Crippen molar-refractivity contribution >= 4 is 17.5 Å². The number of carbonyl (C=O) groups is 3. The molecule has 0 saturated carbocycles. The van der Waals surface area contributed by atoms with Crippen molar-refractivity contribution in [3.63, 3.8) is 0 Å². The molecule has 1 aliphatic carbocycles. The molecule has 3 rings (SSSR count). The third kappa shape index (κ3) is 2.32. The van der Waals surface area contributed by atoms with Gasteiger partial charge in [0.25, 0.3) is 0 Å². The summed E-state index contributed by atoms with van der Waals surface area (Å²) >= 11 is 0.